The summed E-state index contributed by atoms with van der Waals surface area (Å²) in [6.45, 7) is 15.9. The average Bonchev–Trinajstić information content (AvgIpc) is 3.39. The van der Waals surface area contributed by atoms with E-state index < -0.39 is 0 Å². The molecule has 0 radical (unpaired) electrons. The van der Waals surface area contributed by atoms with Gasteiger partial charge in [-0.15, -0.1) is 0 Å². The maximum Gasteiger partial charge on any atom is 0.240 e. The number of carbonyl (C=O) groups is 3. The summed E-state index contributed by atoms with van der Waals surface area (Å²) in [7, 11) is 0. The third-order valence-electron chi connectivity index (χ3n) is 12.8. The van der Waals surface area contributed by atoms with Crippen LogP contribution in [0.2, 0.25) is 0 Å². The van der Waals surface area contributed by atoms with Crippen molar-refractivity contribution in [2.45, 2.75) is 72.1 Å². The second kappa shape index (κ2) is 27.4. The molecule has 2 fully saturated rings. The van der Waals surface area contributed by atoms with Gasteiger partial charge in [0.1, 0.15) is 6.29 Å². The van der Waals surface area contributed by atoms with Crippen molar-refractivity contribution in [2.24, 2.45) is 5.92 Å². The number of aryl methyl sites for hydroxylation is 2. The van der Waals surface area contributed by atoms with Crippen LogP contribution in [0.15, 0.2) is 170 Å². The van der Waals surface area contributed by atoms with E-state index in [9.17, 15) is 14.4 Å². The first-order valence-corrected chi connectivity index (χ1v) is 24.3. The molecule has 0 unspecified atom stereocenters. The van der Waals surface area contributed by atoms with E-state index in [2.05, 4.69) is 132 Å². The highest BCUT2D eigenvalue weighted by Gasteiger charge is 2.28. The molecule has 8 rings (SSSR count). The molecule has 0 saturated carbocycles. The first-order valence-electron chi connectivity index (χ1n) is 24.3. The zero-order valence-corrected chi connectivity index (χ0v) is 40.0. The smallest absolute Gasteiger partial charge is 0.240 e. The number of nitrogens with zero attached hydrogens (tertiary/aromatic N) is 4. The van der Waals surface area contributed by atoms with E-state index >= 15 is 0 Å². The molecule has 2 aliphatic rings. The van der Waals surface area contributed by atoms with Gasteiger partial charge in [-0.2, -0.15) is 0 Å². The lowest BCUT2D eigenvalue weighted by molar-refractivity contribution is -0.137. The van der Waals surface area contributed by atoms with Gasteiger partial charge in [-0.05, 0) is 64.6 Å². The standard InChI is InChI=1S/C29H35N3O.C21H26N2O.C9H10O/c1-2-24-13-15-26(16-14-24)22-30-28(21-25-9-5-3-6-10-25)29(33)32-19-17-31(18-20-32)23-27-11-7-4-8-12-27;1-18(16-19-8-4-2-5-9-19)21(24)23-14-12-22(13-15-23)17-20-10-6-3-7-11-20;1-2-8-3-5-9(7-10)6-4-8/h3-16,28,30H,2,17-23H2,1H3;2-11,18H,12-17H2,1H3;3-7H,2H2,1H3/t28-;18-;/m00./s1. The second-order valence-corrected chi connectivity index (χ2v) is 17.8. The van der Waals surface area contributed by atoms with E-state index in [1.807, 2.05) is 83.5 Å². The molecule has 2 amide bonds. The minimum Gasteiger partial charge on any atom is -0.340 e. The van der Waals surface area contributed by atoms with Gasteiger partial charge in [0.2, 0.25) is 11.8 Å². The monoisotopic (exact) mass is 898 g/mol. The van der Waals surface area contributed by atoms with Crippen molar-refractivity contribution in [3.63, 3.8) is 0 Å². The Balaban J connectivity index is 0.000000189. The van der Waals surface area contributed by atoms with Crippen LogP contribution in [0.25, 0.3) is 0 Å². The number of nitrogens with one attached hydrogen (secondary N) is 1. The zero-order chi connectivity index (χ0) is 47.1. The summed E-state index contributed by atoms with van der Waals surface area (Å²) in [4.78, 5) is 45.4. The van der Waals surface area contributed by atoms with Crippen molar-refractivity contribution in [3.05, 3.63) is 214 Å². The number of amides is 2. The lowest BCUT2D eigenvalue weighted by Crippen LogP contribution is -2.54. The van der Waals surface area contributed by atoms with Gasteiger partial charge in [0.05, 0.1) is 6.04 Å². The summed E-state index contributed by atoms with van der Waals surface area (Å²) in [6.07, 6.45) is 4.46. The van der Waals surface area contributed by atoms with Gasteiger partial charge in [0.15, 0.2) is 0 Å². The Labute approximate surface area is 400 Å². The van der Waals surface area contributed by atoms with Crippen molar-refractivity contribution >= 4 is 18.1 Å². The predicted octanol–water partition coefficient (Wildman–Crippen LogP) is 9.57. The first kappa shape index (κ1) is 50.2. The molecule has 2 saturated heterocycles. The Morgan fingerprint density at radius 3 is 1.25 bits per heavy atom. The molecule has 0 aromatic heterocycles. The van der Waals surface area contributed by atoms with Crippen molar-refractivity contribution in [1.29, 1.82) is 0 Å². The van der Waals surface area contributed by atoms with Gasteiger partial charge in [0.25, 0.3) is 0 Å². The number of hydrogen-bond acceptors (Lipinski definition) is 6. The van der Waals surface area contributed by atoms with E-state index in [1.165, 1.54) is 38.9 Å². The summed E-state index contributed by atoms with van der Waals surface area (Å²) in [5.41, 5.74) is 9.66. The second-order valence-electron chi connectivity index (χ2n) is 17.8. The van der Waals surface area contributed by atoms with Crippen LogP contribution in [0.5, 0.6) is 0 Å². The highest BCUT2D eigenvalue weighted by molar-refractivity contribution is 5.82. The van der Waals surface area contributed by atoms with E-state index in [-0.39, 0.29) is 17.9 Å². The van der Waals surface area contributed by atoms with Gasteiger partial charge in [-0.25, -0.2) is 0 Å². The van der Waals surface area contributed by atoms with Gasteiger partial charge in [0, 0.05) is 83.5 Å². The topological polar surface area (TPSA) is 76.2 Å². The summed E-state index contributed by atoms with van der Waals surface area (Å²) < 4.78 is 0. The van der Waals surface area contributed by atoms with Crippen molar-refractivity contribution in [2.75, 3.05) is 52.4 Å². The van der Waals surface area contributed by atoms with Crippen LogP contribution in [-0.4, -0.2) is 96.1 Å². The first-order chi connectivity index (χ1) is 32.8. The molecule has 67 heavy (non-hydrogen) atoms. The molecule has 0 spiro atoms. The van der Waals surface area contributed by atoms with Crippen LogP contribution in [0, 0.1) is 5.92 Å². The normalized spacial score (nSPS) is 15.0. The Morgan fingerprint density at radius 1 is 0.463 bits per heavy atom. The van der Waals surface area contributed by atoms with Crippen LogP contribution in [0.1, 0.15) is 70.1 Å². The lowest BCUT2D eigenvalue weighted by atomic mass is 9.99. The molecular weight excluding hydrogens is 827 g/mol. The molecule has 6 aromatic carbocycles. The fourth-order valence-electron chi connectivity index (χ4n) is 8.59. The van der Waals surface area contributed by atoms with Gasteiger partial charge in [-0.3, -0.25) is 24.2 Å². The summed E-state index contributed by atoms with van der Waals surface area (Å²) in [6, 6.07) is 57.8. The Morgan fingerprint density at radius 2 is 0.836 bits per heavy atom. The third-order valence-corrected chi connectivity index (χ3v) is 12.8. The molecular formula is C59H71N5O3. The summed E-state index contributed by atoms with van der Waals surface area (Å²) >= 11 is 0. The van der Waals surface area contributed by atoms with Crippen molar-refractivity contribution < 1.29 is 14.4 Å². The van der Waals surface area contributed by atoms with Crippen LogP contribution < -0.4 is 5.32 Å². The SMILES string of the molecule is CCc1ccc(C=O)cc1.CCc1ccc(CN[C@@H](Cc2ccccc2)C(=O)N2CCN(Cc3ccccc3)CC2)cc1.C[C@@H](Cc1ccccc1)C(=O)N1CCN(Cc2ccccc2)CC1. The van der Waals surface area contributed by atoms with Gasteiger partial charge < -0.3 is 15.1 Å². The fourth-order valence-corrected chi connectivity index (χ4v) is 8.59. The number of piperazine rings is 2. The van der Waals surface area contributed by atoms with Crippen LogP contribution >= 0.6 is 0 Å². The quantitative estimate of drug-likeness (QED) is 0.0977. The maximum atomic E-state index is 13.5. The molecule has 0 bridgehead atoms. The molecule has 2 heterocycles. The van der Waals surface area contributed by atoms with Crippen molar-refractivity contribution in [3.8, 4) is 0 Å². The largest absolute Gasteiger partial charge is 0.340 e. The van der Waals surface area contributed by atoms with E-state index in [0.717, 1.165) is 96.6 Å². The van der Waals surface area contributed by atoms with E-state index in [4.69, 9.17) is 0 Å². The van der Waals surface area contributed by atoms with Crippen LogP contribution in [0.4, 0.5) is 0 Å². The Bertz CT molecular complexity index is 2310. The fraction of sp³-hybridized carbons (Fsp3) is 0.339. The Hall–Kier alpha value is -6.19. The zero-order valence-electron chi connectivity index (χ0n) is 40.0. The Kier molecular flexibility index (Phi) is 20.6. The number of hydrogen-bond donors (Lipinski definition) is 1. The molecule has 8 nitrogen and oxygen atoms in total. The highest BCUT2D eigenvalue weighted by atomic mass is 16.2. The summed E-state index contributed by atoms with van der Waals surface area (Å²) in [5.74, 6) is 0.551. The van der Waals surface area contributed by atoms with Gasteiger partial charge in [-0.1, -0.05) is 191 Å². The number of aldehydes is 1. The number of rotatable bonds is 16. The van der Waals surface area contributed by atoms with Crippen LogP contribution in [0.3, 0.4) is 0 Å². The number of carbonyl (C=O) groups excluding carboxylic acids is 3. The molecule has 2 atom stereocenters. The highest BCUT2D eigenvalue weighted by Crippen LogP contribution is 2.16. The van der Waals surface area contributed by atoms with E-state index in [0.29, 0.717) is 18.9 Å². The minimum absolute atomic E-state index is 0.0491. The van der Waals surface area contributed by atoms with Gasteiger partial charge >= 0.3 is 0 Å². The predicted molar refractivity (Wildman–Crippen MR) is 274 cm³/mol. The van der Waals surface area contributed by atoms with Crippen LogP contribution in [-0.2, 0) is 54.9 Å². The molecule has 1 N–H and O–H groups in total. The minimum atomic E-state index is -0.223. The number of benzene rings is 6. The third kappa shape index (κ3) is 16.9. The molecule has 6 aromatic rings. The molecule has 350 valence electrons. The molecule has 8 heteroatoms. The lowest BCUT2D eigenvalue weighted by Gasteiger charge is -2.36. The maximum absolute atomic E-state index is 13.5. The average molecular weight is 898 g/mol. The van der Waals surface area contributed by atoms with E-state index in [1.54, 1.807) is 0 Å². The summed E-state index contributed by atoms with van der Waals surface area (Å²) in [5, 5.41) is 3.57. The molecule has 2 aliphatic heterocycles. The van der Waals surface area contributed by atoms with Crippen molar-refractivity contribution in [1.82, 2.24) is 24.9 Å². The molecule has 0 aliphatic carbocycles.